The summed E-state index contributed by atoms with van der Waals surface area (Å²) >= 11 is 0. The lowest BCUT2D eigenvalue weighted by atomic mass is 9.91. The van der Waals surface area contributed by atoms with Crippen molar-refractivity contribution in [3.05, 3.63) is 81.2 Å². The number of azide groups is 1. The number of rotatable bonds is 4. The predicted molar refractivity (Wildman–Crippen MR) is 104 cm³/mol. The van der Waals surface area contributed by atoms with Gasteiger partial charge in [-0.25, -0.2) is 0 Å². The van der Waals surface area contributed by atoms with Gasteiger partial charge >= 0.3 is 12.4 Å². The number of benzene rings is 2. The first-order valence-corrected chi connectivity index (χ1v) is 9.67. The van der Waals surface area contributed by atoms with Gasteiger partial charge in [0.25, 0.3) is 5.91 Å². The number of likely N-dealkylation sites (tertiary alicyclic amines) is 1. The van der Waals surface area contributed by atoms with Crippen LogP contribution in [-0.2, 0) is 18.8 Å². The van der Waals surface area contributed by atoms with E-state index in [9.17, 15) is 31.1 Å². The molecule has 0 aliphatic carbocycles. The Hall–Kier alpha value is -3.20. The van der Waals surface area contributed by atoms with E-state index >= 15 is 0 Å². The van der Waals surface area contributed by atoms with E-state index < -0.39 is 47.0 Å². The Bertz CT molecular complexity index is 983. The molecule has 0 spiro atoms. The lowest BCUT2D eigenvalue weighted by molar-refractivity contribution is -0.143. The predicted octanol–water partition coefficient (Wildman–Crippen LogP) is 6.25. The van der Waals surface area contributed by atoms with Gasteiger partial charge in [0, 0.05) is 29.1 Å². The summed E-state index contributed by atoms with van der Waals surface area (Å²) in [6.07, 6.45) is -9.28. The maximum Gasteiger partial charge on any atom is 0.416 e. The number of hydrogen-bond acceptors (Lipinski definition) is 2. The van der Waals surface area contributed by atoms with Crippen molar-refractivity contribution in [3.8, 4) is 0 Å². The monoisotopic (exact) mass is 456 g/mol. The molecule has 1 heterocycles. The summed E-state index contributed by atoms with van der Waals surface area (Å²) in [5, 5.41) is 3.68. The molecule has 170 valence electrons. The van der Waals surface area contributed by atoms with E-state index in [4.69, 9.17) is 5.53 Å². The molecule has 1 saturated heterocycles. The first kappa shape index (κ1) is 23.5. The molecule has 11 heteroatoms. The number of piperidine rings is 1. The zero-order chi connectivity index (χ0) is 23.5. The van der Waals surface area contributed by atoms with E-state index in [2.05, 4.69) is 10.0 Å². The van der Waals surface area contributed by atoms with Crippen LogP contribution in [0.1, 0.15) is 39.9 Å². The highest BCUT2D eigenvalue weighted by molar-refractivity contribution is 5.95. The smallest absolute Gasteiger partial charge is 0.335 e. The Morgan fingerprint density at radius 3 is 2.16 bits per heavy atom. The van der Waals surface area contributed by atoms with E-state index in [1.54, 1.807) is 30.3 Å². The highest BCUT2D eigenvalue weighted by Gasteiger charge is 2.39. The van der Waals surface area contributed by atoms with Gasteiger partial charge in [-0.05, 0) is 48.6 Å². The summed E-state index contributed by atoms with van der Waals surface area (Å²) in [6, 6.07) is 8.83. The number of halogens is 6. The molecule has 0 bridgehead atoms. The van der Waals surface area contributed by atoms with Gasteiger partial charge in [0.1, 0.15) is 0 Å². The quantitative estimate of drug-likeness (QED) is 0.232. The lowest BCUT2D eigenvalue weighted by Gasteiger charge is -2.38. The minimum atomic E-state index is -5.05. The normalized spacial score (nSPS) is 19.4. The maximum absolute atomic E-state index is 13.2. The van der Waals surface area contributed by atoms with Crippen molar-refractivity contribution >= 4 is 5.91 Å². The second-order valence-electron chi connectivity index (χ2n) is 7.52. The molecule has 1 amide bonds. The molecule has 32 heavy (non-hydrogen) atoms. The van der Waals surface area contributed by atoms with Crippen LogP contribution < -0.4 is 0 Å². The first-order chi connectivity index (χ1) is 15.0. The van der Waals surface area contributed by atoms with Crippen LogP contribution >= 0.6 is 0 Å². The fourth-order valence-corrected chi connectivity index (χ4v) is 3.80. The van der Waals surface area contributed by atoms with E-state index in [1.807, 2.05) is 0 Å². The van der Waals surface area contributed by atoms with E-state index in [1.165, 1.54) is 4.90 Å². The number of amides is 1. The van der Waals surface area contributed by atoms with Crippen LogP contribution in [0.15, 0.2) is 53.6 Å². The molecular weight excluding hydrogens is 438 g/mol. The van der Waals surface area contributed by atoms with E-state index in [-0.39, 0.29) is 25.5 Å². The van der Waals surface area contributed by atoms with Gasteiger partial charge in [-0.2, -0.15) is 26.3 Å². The zero-order valence-electron chi connectivity index (χ0n) is 16.6. The van der Waals surface area contributed by atoms with Crippen LogP contribution in [-0.4, -0.2) is 29.4 Å². The molecule has 0 aromatic heterocycles. The van der Waals surface area contributed by atoms with Crippen LogP contribution in [0, 0.1) is 0 Å². The molecule has 1 aliphatic rings. The molecule has 0 unspecified atom stereocenters. The summed E-state index contributed by atoms with van der Waals surface area (Å²) in [5.74, 6) is -0.929. The minimum Gasteiger partial charge on any atom is -0.335 e. The van der Waals surface area contributed by atoms with Crippen LogP contribution in [0.5, 0.6) is 0 Å². The highest BCUT2D eigenvalue weighted by Crippen LogP contribution is 2.37. The van der Waals surface area contributed by atoms with E-state index in [0.717, 1.165) is 5.56 Å². The molecule has 2 atom stereocenters. The molecule has 1 fully saturated rings. The summed E-state index contributed by atoms with van der Waals surface area (Å²) in [5.41, 5.74) is 5.78. The Morgan fingerprint density at radius 2 is 1.62 bits per heavy atom. The maximum atomic E-state index is 13.2. The van der Waals surface area contributed by atoms with Crippen molar-refractivity contribution < 1.29 is 31.1 Å². The third-order valence-electron chi connectivity index (χ3n) is 5.31. The standard InChI is InChI=1S/C21H18F6N4O/c22-20(23,24)15-9-14(10-16(11-15)21(25,26)27)19(32)31-7-6-17(29-30-28)12-18(31)8-13-4-2-1-3-5-13/h1-5,9-11,17-18H,6-8,12H2/t17-,18+/m0/s1. The Balaban J connectivity index is 1.98. The summed E-state index contributed by atoms with van der Waals surface area (Å²) in [4.78, 5) is 17.2. The van der Waals surface area contributed by atoms with Crippen LogP contribution in [0.4, 0.5) is 26.3 Å². The van der Waals surface area contributed by atoms with Gasteiger partial charge in [-0.15, -0.1) is 0 Å². The summed E-state index contributed by atoms with van der Waals surface area (Å²) in [7, 11) is 0. The molecular formula is C21H18F6N4O. The molecule has 0 saturated carbocycles. The minimum absolute atomic E-state index is 0.00784. The molecule has 2 aromatic rings. The molecule has 0 N–H and O–H groups in total. The Kier molecular flexibility index (Phi) is 6.68. The second kappa shape index (κ2) is 9.12. The Morgan fingerprint density at radius 1 is 1.03 bits per heavy atom. The van der Waals surface area contributed by atoms with Crippen molar-refractivity contribution in [1.29, 1.82) is 0 Å². The fourth-order valence-electron chi connectivity index (χ4n) is 3.80. The zero-order valence-corrected chi connectivity index (χ0v) is 16.6. The van der Waals surface area contributed by atoms with Gasteiger partial charge < -0.3 is 4.90 Å². The van der Waals surface area contributed by atoms with Gasteiger partial charge in [0.15, 0.2) is 0 Å². The number of carbonyl (C=O) groups excluding carboxylic acids is 1. The number of carbonyl (C=O) groups is 1. The van der Waals surface area contributed by atoms with Crippen molar-refractivity contribution in [3.63, 3.8) is 0 Å². The largest absolute Gasteiger partial charge is 0.416 e. The molecule has 5 nitrogen and oxygen atoms in total. The van der Waals surface area contributed by atoms with Crippen LogP contribution in [0.3, 0.4) is 0 Å². The van der Waals surface area contributed by atoms with Crippen LogP contribution in [0.25, 0.3) is 10.4 Å². The first-order valence-electron chi connectivity index (χ1n) is 9.67. The van der Waals surface area contributed by atoms with Gasteiger partial charge in [0.05, 0.1) is 11.1 Å². The molecule has 1 aliphatic heterocycles. The van der Waals surface area contributed by atoms with Crippen molar-refractivity contribution in [2.45, 2.75) is 43.7 Å². The Labute approximate surface area is 179 Å². The second-order valence-corrected chi connectivity index (χ2v) is 7.52. The number of nitrogens with zero attached hydrogens (tertiary/aromatic N) is 4. The third kappa shape index (κ3) is 5.53. The molecule has 0 radical (unpaired) electrons. The van der Waals surface area contributed by atoms with E-state index in [0.29, 0.717) is 18.6 Å². The topological polar surface area (TPSA) is 69.1 Å². The SMILES string of the molecule is [N-]=[N+]=N[C@H]1CCN(C(=O)c2cc(C(F)(F)F)cc(C(F)(F)F)c2)[C@H](Cc2ccccc2)C1. The van der Waals surface area contributed by atoms with Gasteiger partial charge in [-0.1, -0.05) is 35.4 Å². The average Bonchev–Trinajstić information content (AvgIpc) is 2.73. The molecule has 3 rings (SSSR count). The average molecular weight is 456 g/mol. The van der Waals surface area contributed by atoms with Crippen molar-refractivity contribution in [2.75, 3.05) is 6.54 Å². The third-order valence-corrected chi connectivity index (χ3v) is 5.31. The van der Waals surface area contributed by atoms with Gasteiger partial charge in [0.2, 0.25) is 0 Å². The number of hydrogen-bond donors (Lipinski definition) is 0. The summed E-state index contributed by atoms with van der Waals surface area (Å²) < 4.78 is 79.2. The van der Waals surface area contributed by atoms with Crippen molar-refractivity contribution in [2.24, 2.45) is 5.11 Å². The fraction of sp³-hybridized carbons (Fsp3) is 0.381. The van der Waals surface area contributed by atoms with Gasteiger partial charge in [-0.3, -0.25) is 4.79 Å². The molecule has 2 aromatic carbocycles. The highest BCUT2D eigenvalue weighted by atomic mass is 19.4. The lowest BCUT2D eigenvalue weighted by Crippen LogP contribution is -2.48. The van der Waals surface area contributed by atoms with Crippen molar-refractivity contribution in [1.82, 2.24) is 4.90 Å². The summed E-state index contributed by atoms with van der Waals surface area (Å²) in [6.45, 7) is 0.0393. The van der Waals surface area contributed by atoms with Crippen LogP contribution in [0.2, 0.25) is 0 Å². The number of alkyl halides is 6.